The van der Waals surface area contributed by atoms with Crippen LogP contribution in [0.3, 0.4) is 0 Å². The number of β-amino-alcohol motifs (C(OH)–C–C–N with tert-alkyl or cyclic N) is 1. The summed E-state index contributed by atoms with van der Waals surface area (Å²) in [6.45, 7) is 0.452. The first-order valence-electron chi connectivity index (χ1n) is 7.92. The molecule has 0 amide bonds. The number of nitrogens with one attached hydrogen (secondary N) is 1. The molecule has 19 heavy (non-hydrogen) atoms. The summed E-state index contributed by atoms with van der Waals surface area (Å²) >= 11 is 0. The second-order valence-corrected chi connectivity index (χ2v) is 6.93. The summed E-state index contributed by atoms with van der Waals surface area (Å²) in [6, 6.07) is 0. The van der Waals surface area contributed by atoms with Crippen molar-refractivity contribution in [3.05, 3.63) is 0 Å². The van der Waals surface area contributed by atoms with E-state index in [-0.39, 0.29) is 11.5 Å². The van der Waals surface area contributed by atoms with Crippen LogP contribution in [0.5, 0.6) is 0 Å². The van der Waals surface area contributed by atoms with Crippen molar-refractivity contribution in [3.63, 3.8) is 0 Å². The Kier molecular flexibility index (Phi) is 3.87. The zero-order valence-electron chi connectivity index (χ0n) is 11.6. The molecule has 4 heteroatoms. The molecule has 2 saturated carbocycles. The monoisotopic (exact) mass is 269 g/mol. The van der Waals surface area contributed by atoms with Crippen molar-refractivity contribution in [2.24, 2.45) is 11.8 Å². The summed E-state index contributed by atoms with van der Waals surface area (Å²) in [7, 11) is 0. The van der Waals surface area contributed by atoms with Gasteiger partial charge in [-0.2, -0.15) is 0 Å². The molecule has 1 spiro atoms. The molecule has 1 aliphatic heterocycles. The zero-order chi connectivity index (χ0) is 13.5. The van der Waals surface area contributed by atoms with Gasteiger partial charge in [0.05, 0.1) is 18.3 Å². The van der Waals surface area contributed by atoms with Crippen LogP contribution < -0.4 is 5.32 Å². The lowest BCUT2D eigenvalue weighted by molar-refractivity contribution is -0.103. The highest BCUT2D eigenvalue weighted by Crippen LogP contribution is 2.49. The van der Waals surface area contributed by atoms with Gasteiger partial charge in [0.15, 0.2) is 0 Å². The quantitative estimate of drug-likeness (QED) is 0.611. The van der Waals surface area contributed by atoms with E-state index in [9.17, 15) is 15.3 Å². The SMILES string of the molecule is OC(CC1CCCCC1)C1[C@@H](O)[C@H](O)CNC12CC2. The van der Waals surface area contributed by atoms with Crippen molar-refractivity contribution in [2.75, 3.05) is 6.54 Å². The van der Waals surface area contributed by atoms with Crippen LogP contribution in [0.25, 0.3) is 0 Å². The number of hydrogen-bond donors (Lipinski definition) is 4. The predicted octanol–water partition coefficient (Wildman–Crippen LogP) is 0.791. The molecule has 4 N–H and O–H groups in total. The smallest absolute Gasteiger partial charge is 0.0927 e. The standard InChI is InChI=1S/C15H27NO3/c17-11(8-10-4-2-1-3-5-10)13-14(19)12(18)9-16-15(13)6-7-15/h10-14,16-19H,1-9H2/t11?,12-,13?,14+/m1/s1. The molecule has 2 unspecified atom stereocenters. The molecular formula is C15H27NO3. The van der Waals surface area contributed by atoms with E-state index >= 15 is 0 Å². The lowest BCUT2D eigenvalue weighted by atomic mass is 9.75. The van der Waals surface area contributed by atoms with Gasteiger partial charge in [-0.25, -0.2) is 0 Å². The van der Waals surface area contributed by atoms with Gasteiger partial charge in [0.25, 0.3) is 0 Å². The second kappa shape index (κ2) is 5.32. The Morgan fingerprint density at radius 3 is 2.42 bits per heavy atom. The molecule has 1 heterocycles. The number of piperidine rings is 1. The topological polar surface area (TPSA) is 72.7 Å². The van der Waals surface area contributed by atoms with Crippen molar-refractivity contribution in [1.29, 1.82) is 0 Å². The van der Waals surface area contributed by atoms with Crippen LogP contribution in [0.1, 0.15) is 51.4 Å². The molecule has 4 atom stereocenters. The predicted molar refractivity (Wildman–Crippen MR) is 72.7 cm³/mol. The summed E-state index contributed by atoms with van der Waals surface area (Å²) in [6.07, 6.45) is 7.12. The highest BCUT2D eigenvalue weighted by atomic mass is 16.3. The first kappa shape index (κ1) is 13.8. The molecule has 0 radical (unpaired) electrons. The maximum absolute atomic E-state index is 10.6. The van der Waals surface area contributed by atoms with Crippen LogP contribution in [0.15, 0.2) is 0 Å². The molecule has 3 fully saturated rings. The molecule has 4 nitrogen and oxygen atoms in total. The van der Waals surface area contributed by atoms with E-state index in [1.165, 1.54) is 32.1 Å². The fraction of sp³-hybridized carbons (Fsp3) is 1.00. The fourth-order valence-electron chi connectivity index (χ4n) is 4.26. The maximum atomic E-state index is 10.6. The van der Waals surface area contributed by atoms with Gasteiger partial charge in [-0.3, -0.25) is 0 Å². The number of aliphatic hydroxyl groups is 3. The van der Waals surface area contributed by atoms with Crippen LogP contribution >= 0.6 is 0 Å². The van der Waals surface area contributed by atoms with Gasteiger partial charge in [-0.1, -0.05) is 32.1 Å². The van der Waals surface area contributed by atoms with Crippen molar-refractivity contribution < 1.29 is 15.3 Å². The minimum absolute atomic E-state index is 0.0905. The molecule has 3 rings (SSSR count). The average molecular weight is 269 g/mol. The van der Waals surface area contributed by atoms with E-state index in [1.54, 1.807) is 0 Å². The van der Waals surface area contributed by atoms with Gasteiger partial charge in [0, 0.05) is 18.0 Å². The van der Waals surface area contributed by atoms with E-state index in [0.29, 0.717) is 12.5 Å². The van der Waals surface area contributed by atoms with Crippen LogP contribution in [0.2, 0.25) is 0 Å². The van der Waals surface area contributed by atoms with E-state index in [1.807, 2.05) is 0 Å². The third kappa shape index (κ3) is 2.68. The van der Waals surface area contributed by atoms with Crippen molar-refractivity contribution in [2.45, 2.75) is 75.2 Å². The molecular weight excluding hydrogens is 242 g/mol. The Balaban J connectivity index is 1.64. The fourth-order valence-corrected chi connectivity index (χ4v) is 4.26. The number of hydrogen-bond acceptors (Lipinski definition) is 4. The first-order valence-corrected chi connectivity index (χ1v) is 7.92. The lowest BCUT2D eigenvalue weighted by Gasteiger charge is -2.43. The highest BCUT2D eigenvalue weighted by molar-refractivity contribution is 5.14. The average Bonchev–Trinajstić information content (AvgIpc) is 3.16. The molecule has 110 valence electrons. The van der Waals surface area contributed by atoms with Crippen LogP contribution in [-0.4, -0.2) is 45.7 Å². The molecule has 3 aliphatic rings. The van der Waals surface area contributed by atoms with Gasteiger partial charge < -0.3 is 20.6 Å². The molecule has 1 saturated heterocycles. The van der Waals surface area contributed by atoms with Crippen molar-refractivity contribution in [1.82, 2.24) is 5.32 Å². The van der Waals surface area contributed by atoms with E-state index in [2.05, 4.69) is 5.32 Å². The van der Waals surface area contributed by atoms with Crippen LogP contribution in [0, 0.1) is 11.8 Å². The minimum atomic E-state index is -0.776. The molecule has 0 aromatic rings. The third-order valence-corrected chi connectivity index (χ3v) is 5.57. The Bertz CT molecular complexity index is 313. The summed E-state index contributed by atoms with van der Waals surface area (Å²) in [5.74, 6) is 0.406. The number of aliphatic hydroxyl groups excluding tert-OH is 3. The van der Waals surface area contributed by atoms with Crippen molar-refractivity contribution >= 4 is 0 Å². The van der Waals surface area contributed by atoms with Gasteiger partial charge >= 0.3 is 0 Å². The Morgan fingerprint density at radius 2 is 1.79 bits per heavy atom. The Morgan fingerprint density at radius 1 is 1.11 bits per heavy atom. The maximum Gasteiger partial charge on any atom is 0.0927 e. The van der Waals surface area contributed by atoms with E-state index in [4.69, 9.17) is 0 Å². The zero-order valence-corrected chi connectivity index (χ0v) is 11.6. The molecule has 2 aliphatic carbocycles. The summed E-state index contributed by atoms with van der Waals surface area (Å²) in [5.41, 5.74) is -0.0905. The summed E-state index contributed by atoms with van der Waals surface area (Å²) < 4.78 is 0. The highest BCUT2D eigenvalue weighted by Gasteiger charge is 2.58. The van der Waals surface area contributed by atoms with Gasteiger partial charge in [0.1, 0.15) is 0 Å². The lowest BCUT2D eigenvalue weighted by Crippen LogP contribution is -2.61. The second-order valence-electron chi connectivity index (χ2n) is 6.93. The summed E-state index contributed by atoms with van der Waals surface area (Å²) in [5, 5.41) is 34.0. The first-order chi connectivity index (χ1) is 9.12. The Labute approximate surface area is 115 Å². The third-order valence-electron chi connectivity index (χ3n) is 5.57. The van der Waals surface area contributed by atoms with Gasteiger partial charge in [-0.05, 0) is 25.2 Å². The summed E-state index contributed by atoms with van der Waals surface area (Å²) in [4.78, 5) is 0. The largest absolute Gasteiger partial charge is 0.393 e. The molecule has 0 bridgehead atoms. The van der Waals surface area contributed by atoms with E-state index < -0.39 is 18.3 Å². The van der Waals surface area contributed by atoms with Crippen molar-refractivity contribution in [3.8, 4) is 0 Å². The molecule has 0 aromatic carbocycles. The van der Waals surface area contributed by atoms with Crippen LogP contribution in [0.4, 0.5) is 0 Å². The number of rotatable bonds is 3. The van der Waals surface area contributed by atoms with E-state index in [0.717, 1.165) is 19.3 Å². The minimum Gasteiger partial charge on any atom is -0.393 e. The molecule has 0 aromatic heterocycles. The Hall–Kier alpha value is -0.160. The normalized spacial score (nSPS) is 40.3. The van der Waals surface area contributed by atoms with Gasteiger partial charge in [-0.15, -0.1) is 0 Å². The van der Waals surface area contributed by atoms with Gasteiger partial charge in [0.2, 0.25) is 0 Å². The van der Waals surface area contributed by atoms with Crippen LogP contribution in [-0.2, 0) is 0 Å².